The Bertz CT molecular complexity index is 1140. The van der Waals surface area contributed by atoms with E-state index in [9.17, 15) is 4.79 Å². The van der Waals surface area contributed by atoms with Gasteiger partial charge in [0.1, 0.15) is 5.76 Å². The summed E-state index contributed by atoms with van der Waals surface area (Å²) in [5, 5.41) is 6.48. The van der Waals surface area contributed by atoms with Gasteiger partial charge < -0.3 is 19.5 Å². The molecule has 1 aliphatic rings. The van der Waals surface area contributed by atoms with Crippen LogP contribution in [0.2, 0.25) is 5.02 Å². The third-order valence-electron chi connectivity index (χ3n) is 5.55. The Morgan fingerprint density at radius 2 is 1.82 bits per heavy atom. The Morgan fingerprint density at radius 1 is 1.09 bits per heavy atom. The highest BCUT2D eigenvalue weighted by atomic mass is 79.9. The first-order valence-corrected chi connectivity index (χ1v) is 12.3. The van der Waals surface area contributed by atoms with Crippen LogP contribution in [0, 0.1) is 0 Å². The van der Waals surface area contributed by atoms with Crippen molar-refractivity contribution in [3.63, 3.8) is 0 Å². The standard InChI is InChI=1S/C24H24BrClN4O2S/c1-2-29-11-13-30(14-12-29)20-8-7-18(15-19(20)26)27-24(33)28-23(31)22-10-9-21(32-22)16-3-5-17(25)6-4-16/h3-10,15H,2,11-14H2,1H3,(H2,27,28,31,33). The minimum atomic E-state index is -0.424. The third kappa shape index (κ3) is 5.95. The second-order valence-corrected chi connectivity index (χ2v) is 9.40. The summed E-state index contributed by atoms with van der Waals surface area (Å²) in [5.41, 5.74) is 2.59. The lowest BCUT2D eigenvalue weighted by Crippen LogP contribution is -2.46. The van der Waals surface area contributed by atoms with Crippen molar-refractivity contribution in [1.29, 1.82) is 0 Å². The second-order valence-electron chi connectivity index (χ2n) is 7.67. The van der Waals surface area contributed by atoms with Gasteiger partial charge in [0.25, 0.3) is 5.91 Å². The molecule has 0 aliphatic carbocycles. The zero-order valence-corrected chi connectivity index (χ0v) is 21.3. The molecule has 172 valence electrons. The van der Waals surface area contributed by atoms with E-state index in [2.05, 4.69) is 43.3 Å². The molecule has 0 saturated carbocycles. The summed E-state index contributed by atoms with van der Waals surface area (Å²) < 4.78 is 6.67. The van der Waals surface area contributed by atoms with Crippen LogP contribution in [0.1, 0.15) is 17.5 Å². The van der Waals surface area contributed by atoms with Crippen LogP contribution >= 0.6 is 39.7 Å². The minimum Gasteiger partial charge on any atom is -0.451 e. The number of hydrogen-bond donors (Lipinski definition) is 2. The minimum absolute atomic E-state index is 0.168. The van der Waals surface area contributed by atoms with Crippen molar-refractivity contribution in [2.75, 3.05) is 42.9 Å². The number of halogens is 2. The van der Waals surface area contributed by atoms with Gasteiger partial charge in [-0.1, -0.05) is 46.6 Å². The highest BCUT2D eigenvalue weighted by Crippen LogP contribution is 2.30. The van der Waals surface area contributed by atoms with Crippen molar-refractivity contribution >= 4 is 62.1 Å². The highest BCUT2D eigenvalue weighted by molar-refractivity contribution is 9.10. The van der Waals surface area contributed by atoms with Gasteiger partial charge in [-0.05, 0) is 61.2 Å². The fourth-order valence-corrected chi connectivity index (χ4v) is 4.48. The van der Waals surface area contributed by atoms with Crippen molar-refractivity contribution in [1.82, 2.24) is 10.2 Å². The van der Waals surface area contributed by atoms with Crippen LogP contribution in [0.15, 0.2) is 63.5 Å². The predicted octanol–water partition coefficient (Wildman–Crippen LogP) is 5.63. The predicted molar refractivity (Wildman–Crippen MR) is 141 cm³/mol. The second kappa shape index (κ2) is 10.7. The Labute approximate surface area is 212 Å². The quantitative estimate of drug-likeness (QED) is 0.404. The van der Waals surface area contributed by atoms with Crippen LogP contribution in [0.3, 0.4) is 0 Å². The van der Waals surface area contributed by atoms with Gasteiger partial charge in [0, 0.05) is 41.9 Å². The monoisotopic (exact) mass is 546 g/mol. The van der Waals surface area contributed by atoms with E-state index >= 15 is 0 Å². The largest absolute Gasteiger partial charge is 0.451 e. The number of rotatable bonds is 5. The smallest absolute Gasteiger partial charge is 0.293 e. The first-order chi connectivity index (χ1) is 15.9. The molecule has 1 aromatic heterocycles. The van der Waals surface area contributed by atoms with Gasteiger partial charge >= 0.3 is 0 Å². The lowest BCUT2D eigenvalue weighted by molar-refractivity contribution is 0.0951. The van der Waals surface area contributed by atoms with Gasteiger partial charge in [0.05, 0.1) is 10.7 Å². The number of benzene rings is 2. The molecule has 1 fully saturated rings. The first-order valence-electron chi connectivity index (χ1n) is 10.7. The first kappa shape index (κ1) is 23.8. The number of likely N-dealkylation sites (N-methyl/N-ethyl adjacent to an activating group) is 1. The summed E-state index contributed by atoms with van der Waals surface area (Å²) in [6.07, 6.45) is 0. The Kier molecular flexibility index (Phi) is 7.70. The maximum Gasteiger partial charge on any atom is 0.293 e. The van der Waals surface area contributed by atoms with E-state index in [4.69, 9.17) is 28.2 Å². The number of piperazine rings is 1. The van der Waals surface area contributed by atoms with Crippen LogP contribution in [-0.4, -0.2) is 48.6 Å². The Morgan fingerprint density at radius 3 is 2.48 bits per heavy atom. The molecule has 6 nitrogen and oxygen atoms in total. The molecule has 2 aromatic carbocycles. The van der Waals surface area contributed by atoms with Crippen molar-refractivity contribution in [3.8, 4) is 11.3 Å². The van der Waals surface area contributed by atoms with Gasteiger partial charge in [-0.25, -0.2) is 0 Å². The number of furan rings is 1. The molecule has 4 rings (SSSR count). The Hall–Kier alpha value is -2.39. The molecule has 0 spiro atoms. The van der Waals surface area contributed by atoms with Crippen LogP contribution in [0.5, 0.6) is 0 Å². The van der Waals surface area contributed by atoms with E-state index in [1.165, 1.54) is 0 Å². The molecule has 2 N–H and O–H groups in total. The molecule has 2 heterocycles. The summed E-state index contributed by atoms with van der Waals surface area (Å²) >= 11 is 15.3. The SMILES string of the molecule is CCN1CCN(c2ccc(NC(=S)NC(=O)c3ccc(-c4ccc(Br)cc4)o3)cc2Cl)CC1. The number of nitrogens with zero attached hydrogens (tertiary/aromatic N) is 2. The molecular weight excluding hydrogens is 524 g/mol. The maximum atomic E-state index is 12.5. The summed E-state index contributed by atoms with van der Waals surface area (Å²) in [6.45, 7) is 7.19. The van der Waals surface area contributed by atoms with Gasteiger partial charge in [0.2, 0.25) is 0 Å². The topological polar surface area (TPSA) is 60.8 Å². The molecule has 33 heavy (non-hydrogen) atoms. The zero-order valence-electron chi connectivity index (χ0n) is 18.1. The highest BCUT2D eigenvalue weighted by Gasteiger charge is 2.18. The van der Waals surface area contributed by atoms with Crippen LogP contribution in [-0.2, 0) is 0 Å². The zero-order chi connectivity index (χ0) is 23.4. The number of amides is 1. The molecule has 0 atom stereocenters. The Balaban J connectivity index is 1.34. The molecule has 0 unspecified atom stereocenters. The lowest BCUT2D eigenvalue weighted by Gasteiger charge is -2.36. The number of thiocarbonyl (C=S) groups is 1. The molecular formula is C24H24BrClN4O2S. The summed E-state index contributed by atoms with van der Waals surface area (Å²) in [4.78, 5) is 17.3. The lowest BCUT2D eigenvalue weighted by atomic mass is 10.2. The fourth-order valence-electron chi connectivity index (χ4n) is 3.70. The summed E-state index contributed by atoms with van der Waals surface area (Å²) in [5.74, 6) is 0.359. The molecule has 3 aromatic rings. The van der Waals surface area contributed by atoms with Crippen molar-refractivity contribution in [2.45, 2.75) is 6.92 Å². The van der Waals surface area contributed by atoms with Gasteiger partial charge in [-0.15, -0.1) is 0 Å². The molecule has 9 heteroatoms. The van der Waals surface area contributed by atoms with Gasteiger partial charge in [-0.3, -0.25) is 10.1 Å². The van der Waals surface area contributed by atoms with Crippen molar-refractivity contribution < 1.29 is 9.21 Å². The maximum absolute atomic E-state index is 12.5. The van der Waals surface area contributed by atoms with E-state index in [-0.39, 0.29) is 10.9 Å². The average Bonchev–Trinajstić information content (AvgIpc) is 3.30. The third-order valence-corrected chi connectivity index (χ3v) is 6.59. The average molecular weight is 548 g/mol. The van der Waals surface area contributed by atoms with E-state index in [0.717, 1.165) is 48.4 Å². The fraction of sp³-hybridized carbons (Fsp3) is 0.250. The van der Waals surface area contributed by atoms with Crippen LogP contribution < -0.4 is 15.5 Å². The van der Waals surface area contributed by atoms with E-state index in [0.29, 0.717) is 16.5 Å². The summed E-state index contributed by atoms with van der Waals surface area (Å²) in [7, 11) is 0. The molecule has 1 aliphatic heterocycles. The number of carbonyl (C=O) groups is 1. The van der Waals surface area contributed by atoms with E-state index in [1.807, 2.05) is 42.5 Å². The van der Waals surface area contributed by atoms with E-state index < -0.39 is 5.91 Å². The van der Waals surface area contributed by atoms with E-state index in [1.54, 1.807) is 12.1 Å². The molecule has 1 saturated heterocycles. The number of anilines is 2. The normalized spacial score (nSPS) is 14.2. The molecule has 1 amide bonds. The van der Waals surface area contributed by atoms with Crippen LogP contribution in [0.25, 0.3) is 11.3 Å². The van der Waals surface area contributed by atoms with Gasteiger partial charge in [-0.2, -0.15) is 0 Å². The van der Waals surface area contributed by atoms with Crippen molar-refractivity contribution in [3.05, 3.63) is 69.9 Å². The molecule has 0 bridgehead atoms. The van der Waals surface area contributed by atoms with Gasteiger partial charge in [0.15, 0.2) is 10.9 Å². The number of carbonyl (C=O) groups excluding carboxylic acids is 1. The summed E-state index contributed by atoms with van der Waals surface area (Å²) in [6, 6.07) is 16.7. The number of nitrogens with one attached hydrogen (secondary N) is 2. The molecule has 0 radical (unpaired) electrons. The van der Waals surface area contributed by atoms with Crippen molar-refractivity contribution in [2.24, 2.45) is 0 Å². The number of hydrogen-bond acceptors (Lipinski definition) is 5. The van der Waals surface area contributed by atoms with Crippen LogP contribution in [0.4, 0.5) is 11.4 Å².